The van der Waals surface area contributed by atoms with Crippen LogP contribution in [0.4, 0.5) is 0 Å². The highest BCUT2D eigenvalue weighted by molar-refractivity contribution is 6.30. The summed E-state index contributed by atoms with van der Waals surface area (Å²) in [6.07, 6.45) is 3.50. The van der Waals surface area contributed by atoms with E-state index in [-0.39, 0.29) is 6.04 Å². The van der Waals surface area contributed by atoms with Crippen LogP contribution in [0, 0.1) is 0 Å². The van der Waals surface area contributed by atoms with Crippen LogP contribution in [-0.2, 0) is 6.42 Å². The minimum Gasteiger partial charge on any atom is -0.307 e. The van der Waals surface area contributed by atoms with Crippen LogP contribution in [-0.4, -0.2) is 21.7 Å². The molecule has 1 aromatic heterocycles. The Morgan fingerprint density at radius 3 is 2.72 bits per heavy atom. The minimum atomic E-state index is 0.161. The smallest absolute Gasteiger partial charge is 0.141 e. The fourth-order valence-electron chi connectivity index (χ4n) is 1.82. The first kappa shape index (κ1) is 13.1. The van der Waals surface area contributed by atoms with Crippen molar-refractivity contribution in [2.75, 3.05) is 6.54 Å². The van der Waals surface area contributed by atoms with Gasteiger partial charge in [0.15, 0.2) is 0 Å². The summed E-state index contributed by atoms with van der Waals surface area (Å²) in [6.45, 7) is 3.10. The Morgan fingerprint density at radius 1 is 1.33 bits per heavy atom. The zero-order chi connectivity index (χ0) is 12.8. The maximum atomic E-state index is 5.89. The summed E-state index contributed by atoms with van der Waals surface area (Å²) in [5, 5.41) is 11.1. The molecule has 5 heteroatoms. The highest BCUT2D eigenvalue weighted by Gasteiger charge is 2.14. The average Bonchev–Trinajstić information content (AvgIpc) is 2.90. The number of hydrogen-bond donors (Lipinski definition) is 2. The fourth-order valence-corrected chi connectivity index (χ4v) is 1.95. The molecule has 2 aromatic rings. The molecule has 0 aliphatic rings. The molecule has 1 atom stereocenters. The minimum absolute atomic E-state index is 0.161. The second kappa shape index (κ2) is 6.52. The highest BCUT2D eigenvalue weighted by Crippen LogP contribution is 2.17. The number of hydrogen-bond acceptors (Lipinski definition) is 3. The van der Waals surface area contributed by atoms with Gasteiger partial charge in [0.1, 0.15) is 12.2 Å². The van der Waals surface area contributed by atoms with E-state index in [2.05, 4.69) is 27.4 Å². The Labute approximate surface area is 112 Å². The number of H-pyrrole nitrogens is 1. The number of nitrogens with zero attached hydrogens (tertiary/aromatic N) is 2. The van der Waals surface area contributed by atoms with Crippen LogP contribution < -0.4 is 5.32 Å². The second-order valence-corrected chi connectivity index (χ2v) is 4.64. The lowest BCUT2D eigenvalue weighted by Crippen LogP contribution is -2.25. The predicted octanol–water partition coefficient (Wildman–Crippen LogP) is 2.74. The molecule has 0 radical (unpaired) electrons. The van der Waals surface area contributed by atoms with Gasteiger partial charge in [-0.05, 0) is 37.1 Å². The van der Waals surface area contributed by atoms with Crippen LogP contribution in [0.5, 0.6) is 0 Å². The van der Waals surface area contributed by atoms with Gasteiger partial charge in [-0.1, -0.05) is 30.7 Å². The van der Waals surface area contributed by atoms with Crippen LogP contribution in [0.3, 0.4) is 0 Å². The summed E-state index contributed by atoms with van der Waals surface area (Å²) < 4.78 is 0. The normalized spacial score (nSPS) is 12.6. The van der Waals surface area contributed by atoms with Gasteiger partial charge < -0.3 is 5.32 Å². The van der Waals surface area contributed by atoms with E-state index in [1.165, 1.54) is 11.9 Å². The molecule has 2 N–H and O–H groups in total. The number of rotatable bonds is 6. The Hall–Kier alpha value is -1.39. The van der Waals surface area contributed by atoms with E-state index in [0.717, 1.165) is 30.2 Å². The van der Waals surface area contributed by atoms with Gasteiger partial charge in [0.05, 0.1) is 6.04 Å². The first-order valence-corrected chi connectivity index (χ1v) is 6.50. The van der Waals surface area contributed by atoms with Gasteiger partial charge in [0.25, 0.3) is 0 Å². The molecule has 0 spiro atoms. The highest BCUT2D eigenvalue weighted by atomic mass is 35.5. The first-order valence-electron chi connectivity index (χ1n) is 6.12. The molecule has 1 unspecified atom stereocenters. The van der Waals surface area contributed by atoms with Crippen molar-refractivity contribution in [2.45, 2.75) is 25.8 Å². The molecule has 18 heavy (non-hydrogen) atoms. The summed E-state index contributed by atoms with van der Waals surface area (Å²) in [7, 11) is 0. The molecule has 0 bridgehead atoms. The van der Waals surface area contributed by atoms with Crippen LogP contribution >= 0.6 is 11.6 Å². The third-order valence-electron chi connectivity index (χ3n) is 2.76. The van der Waals surface area contributed by atoms with Gasteiger partial charge in [-0.2, -0.15) is 5.10 Å². The lowest BCUT2D eigenvalue weighted by molar-refractivity contribution is 0.506. The number of nitrogens with one attached hydrogen (secondary N) is 2. The van der Waals surface area contributed by atoms with E-state index < -0.39 is 0 Å². The number of aromatic nitrogens is 3. The number of halogens is 1. The summed E-state index contributed by atoms with van der Waals surface area (Å²) in [5.41, 5.74) is 1.23. The molecule has 0 saturated carbocycles. The zero-order valence-electron chi connectivity index (χ0n) is 10.4. The van der Waals surface area contributed by atoms with Crippen LogP contribution in [0.25, 0.3) is 0 Å². The third kappa shape index (κ3) is 3.55. The molecular weight excluding hydrogens is 248 g/mol. The van der Waals surface area contributed by atoms with Gasteiger partial charge in [-0.25, -0.2) is 4.98 Å². The predicted molar refractivity (Wildman–Crippen MR) is 72.6 cm³/mol. The van der Waals surface area contributed by atoms with Crippen molar-refractivity contribution < 1.29 is 0 Å². The molecule has 1 aromatic carbocycles. The van der Waals surface area contributed by atoms with Crippen molar-refractivity contribution in [3.63, 3.8) is 0 Å². The largest absolute Gasteiger partial charge is 0.307 e. The van der Waals surface area contributed by atoms with Crippen molar-refractivity contribution in [3.8, 4) is 0 Å². The molecule has 0 fully saturated rings. The SMILES string of the molecule is CCCNC(Cc1ccc(Cl)cc1)c1ncn[nH]1. The molecule has 96 valence electrons. The fraction of sp³-hybridized carbons (Fsp3) is 0.385. The van der Waals surface area contributed by atoms with Crippen LogP contribution in [0.1, 0.15) is 30.8 Å². The molecule has 0 aliphatic heterocycles. The Kier molecular flexibility index (Phi) is 4.73. The topological polar surface area (TPSA) is 53.6 Å². The summed E-state index contributed by atoms with van der Waals surface area (Å²) in [4.78, 5) is 4.23. The van der Waals surface area contributed by atoms with Gasteiger partial charge >= 0.3 is 0 Å². The summed E-state index contributed by atoms with van der Waals surface area (Å²) in [6, 6.07) is 8.06. The van der Waals surface area contributed by atoms with Crippen molar-refractivity contribution in [2.24, 2.45) is 0 Å². The molecule has 0 amide bonds. The maximum Gasteiger partial charge on any atom is 0.141 e. The second-order valence-electron chi connectivity index (χ2n) is 4.21. The lowest BCUT2D eigenvalue weighted by atomic mass is 10.1. The van der Waals surface area contributed by atoms with Crippen molar-refractivity contribution in [3.05, 3.63) is 47.0 Å². The zero-order valence-corrected chi connectivity index (χ0v) is 11.1. The molecule has 2 rings (SSSR count). The van der Waals surface area contributed by atoms with Gasteiger partial charge in [0.2, 0.25) is 0 Å². The van der Waals surface area contributed by atoms with E-state index >= 15 is 0 Å². The number of benzene rings is 1. The van der Waals surface area contributed by atoms with Crippen molar-refractivity contribution >= 4 is 11.6 Å². The summed E-state index contributed by atoms with van der Waals surface area (Å²) >= 11 is 5.89. The quantitative estimate of drug-likeness (QED) is 0.844. The molecular formula is C13H17ClN4. The Bertz CT molecular complexity index is 452. The maximum absolute atomic E-state index is 5.89. The number of aromatic amines is 1. The van der Waals surface area contributed by atoms with Crippen LogP contribution in [0.2, 0.25) is 5.02 Å². The first-order chi connectivity index (χ1) is 8.79. The van der Waals surface area contributed by atoms with Gasteiger partial charge in [-0.3, -0.25) is 5.10 Å². The Balaban J connectivity index is 2.07. The van der Waals surface area contributed by atoms with E-state index in [1.807, 2.05) is 24.3 Å². The van der Waals surface area contributed by atoms with Crippen molar-refractivity contribution in [1.82, 2.24) is 20.5 Å². The van der Waals surface area contributed by atoms with E-state index in [1.54, 1.807) is 0 Å². The monoisotopic (exact) mass is 264 g/mol. The third-order valence-corrected chi connectivity index (χ3v) is 3.01. The molecule has 0 saturated heterocycles. The Morgan fingerprint density at radius 2 is 2.11 bits per heavy atom. The van der Waals surface area contributed by atoms with E-state index in [0.29, 0.717) is 0 Å². The van der Waals surface area contributed by atoms with E-state index in [4.69, 9.17) is 11.6 Å². The molecule has 4 nitrogen and oxygen atoms in total. The molecule has 1 heterocycles. The van der Waals surface area contributed by atoms with Crippen LogP contribution in [0.15, 0.2) is 30.6 Å². The molecule has 0 aliphatic carbocycles. The standard InChI is InChI=1S/C13H17ClN4/c1-2-7-15-12(13-16-9-17-18-13)8-10-3-5-11(14)6-4-10/h3-6,9,12,15H,2,7-8H2,1H3,(H,16,17,18). The van der Waals surface area contributed by atoms with Crippen molar-refractivity contribution in [1.29, 1.82) is 0 Å². The average molecular weight is 265 g/mol. The lowest BCUT2D eigenvalue weighted by Gasteiger charge is -2.16. The van der Waals surface area contributed by atoms with Gasteiger partial charge in [0, 0.05) is 5.02 Å². The summed E-state index contributed by atoms with van der Waals surface area (Å²) in [5.74, 6) is 0.874. The van der Waals surface area contributed by atoms with Gasteiger partial charge in [-0.15, -0.1) is 0 Å². The van der Waals surface area contributed by atoms with E-state index in [9.17, 15) is 0 Å².